The molecule has 3 aromatic rings. The van der Waals surface area contributed by atoms with E-state index in [2.05, 4.69) is 5.32 Å². The Balaban J connectivity index is 1.91. The summed E-state index contributed by atoms with van der Waals surface area (Å²) in [7, 11) is 2.87. The van der Waals surface area contributed by atoms with Gasteiger partial charge in [0, 0.05) is 11.5 Å². The van der Waals surface area contributed by atoms with E-state index in [0.717, 1.165) is 5.39 Å². The van der Waals surface area contributed by atoms with Crippen LogP contribution in [0.25, 0.3) is 11.0 Å². The lowest BCUT2D eigenvalue weighted by Crippen LogP contribution is -2.11. The molecule has 1 heterocycles. The number of amides is 1. The van der Waals surface area contributed by atoms with Crippen molar-refractivity contribution in [3.63, 3.8) is 0 Å². The highest BCUT2D eigenvalue weighted by atomic mass is 16.6. The monoisotopic (exact) mass is 342 g/mol. The lowest BCUT2D eigenvalue weighted by Gasteiger charge is -2.08. The van der Waals surface area contributed by atoms with Crippen LogP contribution in [0.5, 0.6) is 11.5 Å². The molecule has 0 aliphatic rings. The maximum atomic E-state index is 12.4. The number of para-hydroxylation sites is 1. The van der Waals surface area contributed by atoms with Crippen LogP contribution in [0.15, 0.2) is 46.9 Å². The van der Waals surface area contributed by atoms with Gasteiger partial charge in [-0.15, -0.1) is 0 Å². The van der Waals surface area contributed by atoms with Crippen molar-refractivity contribution in [1.82, 2.24) is 0 Å². The molecule has 0 saturated carbocycles. The summed E-state index contributed by atoms with van der Waals surface area (Å²) in [6.45, 7) is 0. The minimum Gasteiger partial charge on any atom is -0.494 e. The number of fused-ring (bicyclic) bond motifs is 1. The summed E-state index contributed by atoms with van der Waals surface area (Å²) in [6, 6.07) is 10.8. The minimum absolute atomic E-state index is 0.0832. The summed E-state index contributed by atoms with van der Waals surface area (Å²) < 4.78 is 15.9. The number of hydrogen-bond acceptors (Lipinski definition) is 6. The molecular weight excluding hydrogens is 328 g/mol. The number of nitrogens with one attached hydrogen (secondary N) is 1. The normalized spacial score (nSPS) is 10.5. The van der Waals surface area contributed by atoms with Crippen molar-refractivity contribution < 1.29 is 23.6 Å². The fraction of sp³-hybridized carbons (Fsp3) is 0.118. The van der Waals surface area contributed by atoms with Gasteiger partial charge in [-0.25, -0.2) is 0 Å². The van der Waals surface area contributed by atoms with Crippen molar-refractivity contribution >= 4 is 28.3 Å². The van der Waals surface area contributed by atoms with Gasteiger partial charge in [-0.3, -0.25) is 14.9 Å². The summed E-state index contributed by atoms with van der Waals surface area (Å²) in [5, 5.41) is 14.2. The third-order valence-electron chi connectivity index (χ3n) is 3.60. The number of nitro groups is 1. The number of nitro benzene ring substituents is 1. The first-order valence-electron chi connectivity index (χ1n) is 7.24. The van der Waals surface area contributed by atoms with Gasteiger partial charge in [0.1, 0.15) is 5.75 Å². The van der Waals surface area contributed by atoms with Crippen LogP contribution in [-0.4, -0.2) is 25.1 Å². The molecule has 2 aromatic carbocycles. The predicted octanol–water partition coefficient (Wildman–Crippen LogP) is 3.61. The number of furan rings is 1. The van der Waals surface area contributed by atoms with E-state index in [1.54, 1.807) is 24.3 Å². The Morgan fingerprint density at radius 3 is 2.56 bits per heavy atom. The molecule has 0 bridgehead atoms. The van der Waals surface area contributed by atoms with Crippen LogP contribution in [0.4, 0.5) is 11.4 Å². The van der Waals surface area contributed by atoms with Crippen molar-refractivity contribution in [2.45, 2.75) is 0 Å². The zero-order valence-corrected chi connectivity index (χ0v) is 13.4. The smallest absolute Gasteiger partial charge is 0.291 e. The first-order chi connectivity index (χ1) is 12.0. The van der Waals surface area contributed by atoms with Crippen LogP contribution in [0.2, 0.25) is 0 Å². The van der Waals surface area contributed by atoms with E-state index in [9.17, 15) is 14.9 Å². The van der Waals surface area contributed by atoms with Crippen molar-refractivity contribution in [1.29, 1.82) is 0 Å². The number of nitrogens with zero attached hydrogens (tertiary/aromatic N) is 1. The zero-order valence-electron chi connectivity index (χ0n) is 13.4. The molecule has 128 valence electrons. The molecule has 3 rings (SSSR count). The van der Waals surface area contributed by atoms with Crippen LogP contribution < -0.4 is 14.8 Å². The molecule has 0 spiro atoms. The summed E-state index contributed by atoms with van der Waals surface area (Å²) in [6.07, 6.45) is 0. The number of carbonyl (C=O) groups excluding carboxylic acids is 1. The molecule has 1 amide bonds. The van der Waals surface area contributed by atoms with Gasteiger partial charge >= 0.3 is 0 Å². The molecule has 0 saturated heterocycles. The molecule has 0 atom stereocenters. The number of hydrogen-bond donors (Lipinski definition) is 1. The van der Waals surface area contributed by atoms with E-state index >= 15 is 0 Å². The first-order valence-corrected chi connectivity index (χ1v) is 7.24. The predicted molar refractivity (Wildman–Crippen MR) is 90.4 cm³/mol. The zero-order chi connectivity index (χ0) is 18.0. The number of carbonyl (C=O) groups is 1. The topological polar surface area (TPSA) is 104 Å². The molecule has 0 fully saturated rings. The quantitative estimate of drug-likeness (QED) is 0.561. The van der Waals surface area contributed by atoms with Crippen molar-refractivity contribution in [2.24, 2.45) is 0 Å². The highest BCUT2D eigenvalue weighted by Gasteiger charge is 2.18. The molecule has 25 heavy (non-hydrogen) atoms. The standard InChI is InChI=1S/C17H14N2O6/c1-23-13-5-3-4-10-8-15(25-16(10)13)17(20)18-12-7-6-11(19(21)22)9-14(12)24-2/h3-9H,1-2H3,(H,18,20). The van der Waals surface area contributed by atoms with Crippen LogP contribution in [0.1, 0.15) is 10.6 Å². The molecule has 1 N–H and O–H groups in total. The second kappa shape index (κ2) is 6.52. The molecule has 8 nitrogen and oxygen atoms in total. The van der Waals surface area contributed by atoms with Gasteiger partial charge in [-0.05, 0) is 18.2 Å². The van der Waals surface area contributed by atoms with Crippen molar-refractivity contribution in [3.8, 4) is 11.5 Å². The molecule has 0 radical (unpaired) electrons. The number of non-ortho nitro benzene ring substituents is 1. The van der Waals surface area contributed by atoms with Gasteiger partial charge in [0.2, 0.25) is 0 Å². The second-order valence-electron chi connectivity index (χ2n) is 5.09. The van der Waals surface area contributed by atoms with Crippen molar-refractivity contribution in [3.05, 3.63) is 58.3 Å². The largest absolute Gasteiger partial charge is 0.494 e. The Bertz CT molecular complexity index is 963. The minimum atomic E-state index is -0.542. The fourth-order valence-electron chi connectivity index (χ4n) is 2.39. The van der Waals surface area contributed by atoms with Gasteiger partial charge in [0.05, 0.1) is 30.9 Å². The van der Waals surface area contributed by atoms with Crippen molar-refractivity contribution in [2.75, 3.05) is 19.5 Å². The summed E-state index contributed by atoms with van der Waals surface area (Å²) >= 11 is 0. The molecule has 0 aliphatic heterocycles. The van der Waals surface area contributed by atoms with Crippen LogP contribution >= 0.6 is 0 Å². The molecular formula is C17H14N2O6. The highest BCUT2D eigenvalue weighted by molar-refractivity contribution is 6.05. The average molecular weight is 342 g/mol. The van der Waals surface area contributed by atoms with E-state index in [1.165, 1.54) is 32.4 Å². The Kier molecular flexibility index (Phi) is 4.25. The first kappa shape index (κ1) is 16.3. The lowest BCUT2D eigenvalue weighted by molar-refractivity contribution is -0.384. The Labute approximate surface area is 142 Å². The van der Waals surface area contributed by atoms with Gasteiger partial charge in [-0.1, -0.05) is 12.1 Å². The molecule has 0 unspecified atom stereocenters. The number of anilines is 1. The second-order valence-corrected chi connectivity index (χ2v) is 5.09. The van der Waals surface area contributed by atoms with Crippen LogP contribution in [-0.2, 0) is 0 Å². The maximum absolute atomic E-state index is 12.4. The summed E-state index contributed by atoms with van der Waals surface area (Å²) in [5.74, 6) is 0.269. The molecule has 8 heteroatoms. The average Bonchev–Trinajstić information content (AvgIpc) is 3.06. The van der Waals surface area contributed by atoms with E-state index < -0.39 is 10.8 Å². The number of methoxy groups -OCH3 is 2. The van der Waals surface area contributed by atoms with Gasteiger partial charge in [-0.2, -0.15) is 0 Å². The lowest BCUT2D eigenvalue weighted by atomic mass is 10.2. The molecule has 0 aliphatic carbocycles. The maximum Gasteiger partial charge on any atom is 0.291 e. The Hall–Kier alpha value is -3.55. The summed E-state index contributed by atoms with van der Waals surface area (Å²) in [5.41, 5.74) is 0.625. The third-order valence-corrected chi connectivity index (χ3v) is 3.60. The van der Waals surface area contributed by atoms with Crippen LogP contribution in [0, 0.1) is 10.1 Å². The number of ether oxygens (including phenoxy) is 2. The highest BCUT2D eigenvalue weighted by Crippen LogP contribution is 2.31. The molecule has 1 aromatic heterocycles. The number of benzene rings is 2. The van der Waals surface area contributed by atoms with Crippen LogP contribution in [0.3, 0.4) is 0 Å². The van der Waals surface area contributed by atoms with Gasteiger partial charge in [0.15, 0.2) is 17.1 Å². The SMILES string of the molecule is COc1cc([N+](=O)[O-])ccc1NC(=O)c1cc2cccc(OC)c2o1. The van der Waals surface area contributed by atoms with E-state index in [0.29, 0.717) is 17.0 Å². The van der Waals surface area contributed by atoms with E-state index in [4.69, 9.17) is 13.9 Å². The fourth-order valence-corrected chi connectivity index (χ4v) is 2.39. The third kappa shape index (κ3) is 3.09. The Morgan fingerprint density at radius 2 is 1.88 bits per heavy atom. The van der Waals surface area contributed by atoms with E-state index in [1.807, 2.05) is 0 Å². The Morgan fingerprint density at radius 1 is 1.12 bits per heavy atom. The number of rotatable bonds is 5. The van der Waals surface area contributed by atoms with Gasteiger partial charge in [0.25, 0.3) is 11.6 Å². The van der Waals surface area contributed by atoms with Gasteiger partial charge < -0.3 is 19.2 Å². The summed E-state index contributed by atoms with van der Waals surface area (Å²) in [4.78, 5) is 22.7. The van der Waals surface area contributed by atoms with E-state index in [-0.39, 0.29) is 17.2 Å².